The molecule has 0 N–H and O–H groups in total. The molecule has 0 aromatic heterocycles. The van der Waals surface area contributed by atoms with Gasteiger partial charge in [0.05, 0.1) is 6.10 Å². The number of para-hydroxylation sites is 1. The SMILES string of the molecule is CC(C)C1CC(C)(c2ccccc2)C1.CC(C)C1CC(Oc2ccccc2)C1. The lowest BCUT2D eigenvalue weighted by Gasteiger charge is -2.48. The lowest BCUT2D eigenvalue weighted by molar-refractivity contribution is 0.0417. The largest absolute Gasteiger partial charge is 0.490 e. The molecule has 4 rings (SSSR count). The molecule has 1 heteroatoms. The summed E-state index contributed by atoms with van der Waals surface area (Å²) in [6, 6.07) is 21.1. The van der Waals surface area contributed by atoms with Crippen molar-refractivity contribution in [3.63, 3.8) is 0 Å². The number of hydrogen-bond acceptors (Lipinski definition) is 1. The summed E-state index contributed by atoms with van der Waals surface area (Å²) in [7, 11) is 0. The number of rotatable bonds is 5. The summed E-state index contributed by atoms with van der Waals surface area (Å²) in [6.07, 6.45) is 5.66. The molecule has 2 aromatic rings. The Kier molecular flexibility index (Phi) is 6.86. The van der Waals surface area contributed by atoms with Gasteiger partial charge in [-0.2, -0.15) is 0 Å². The molecule has 152 valence electrons. The molecule has 2 aromatic carbocycles. The molecule has 0 amide bonds. The van der Waals surface area contributed by atoms with Gasteiger partial charge in [0, 0.05) is 0 Å². The third kappa shape index (κ3) is 5.19. The molecular weight excluding hydrogens is 340 g/mol. The fourth-order valence-electron chi connectivity index (χ4n) is 4.58. The molecule has 2 aliphatic carbocycles. The number of benzene rings is 2. The third-order valence-electron chi connectivity index (χ3n) is 6.96. The van der Waals surface area contributed by atoms with Gasteiger partial charge in [-0.15, -0.1) is 0 Å². The summed E-state index contributed by atoms with van der Waals surface area (Å²) in [5.74, 6) is 4.50. The van der Waals surface area contributed by atoms with Crippen LogP contribution in [0, 0.1) is 23.7 Å². The van der Waals surface area contributed by atoms with Gasteiger partial charge in [-0.3, -0.25) is 0 Å². The first-order valence-electron chi connectivity index (χ1n) is 11.1. The van der Waals surface area contributed by atoms with E-state index in [9.17, 15) is 0 Å². The summed E-state index contributed by atoms with van der Waals surface area (Å²) >= 11 is 0. The van der Waals surface area contributed by atoms with E-state index in [2.05, 4.69) is 65.0 Å². The monoisotopic (exact) mass is 378 g/mol. The lowest BCUT2D eigenvalue weighted by Crippen LogP contribution is -2.40. The maximum absolute atomic E-state index is 5.83. The molecule has 0 aliphatic heterocycles. The molecule has 2 aliphatic rings. The van der Waals surface area contributed by atoms with Crippen molar-refractivity contribution in [1.82, 2.24) is 0 Å². The van der Waals surface area contributed by atoms with Crippen LogP contribution in [0.3, 0.4) is 0 Å². The number of hydrogen-bond donors (Lipinski definition) is 0. The van der Waals surface area contributed by atoms with Crippen molar-refractivity contribution < 1.29 is 4.74 Å². The molecule has 0 saturated heterocycles. The fourth-order valence-corrected chi connectivity index (χ4v) is 4.58. The Morgan fingerprint density at radius 3 is 1.75 bits per heavy atom. The molecular formula is C27H38O. The predicted octanol–water partition coefficient (Wildman–Crippen LogP) is 7.51. The smallest absolute Gasteiger partial charge is 0.119 e. The molecule has 1 nitrogen and oxygen atoms in total. The Morgan fingerprint density at radius 1 is 0.750 bits per heavy atom. The fraction of sp³-hybridized carbons (Fsp3) is 0.556. The Bertz CT molecular complexity index is 692. The molecule has 0 radical (unpaired) electrons. The van der Waals surface area contributed by atoms with E-state index in [-0.39, 0.29) is 0 Å². The average Bonchev–Trinajstić information content (AvgIpc) is 2.63. The first-order valence-corrected chi connectivity index (χ1v) is 11.1. The van der Waals surface area contributed by atoms with Crippen molar-refractivity contribution in [2.24, 2.45) is 23.7 Å². The molecule has 2 fully saturated rings. The van der Waals surface area contributed by atoms with Gasteiger partial charge in [-0.25, -0.2) is 0 Å². The van der Waals surface area contributed by atoms with Crippen LogP contribution in [0.2, 0.25) is 0 Å². The van der Waals surface area contributed by atoms with Crippen molar-refractivity contribution in [2.45, 2.75) is 71.8 Å². The van der Waals surface area contributed by atoms with Crippen molar-refractivity contribution >= 4 is 0 Å². The molecule has 2 saturated carbocycles. The summed E-state index contributed by atoms with van der Waals surface area (Å²) in [5.41, 5.74) is 1.99. The molecule has 0 heterocycles. The van der Waals surface area contributed by atoms with Crippen LogP contribution < -0.4 is 4.74 Å². The van der Waals surface area contributed by atoms with Gasteiger partial charge in [-0.05, 0) is 72.5 Å². The van der Waals surface area contributed by atoms with E-state index in [0.717, 1.165) is 29.4 Å². The van der Waals surface area contributed by atoms with E-state index < -0.39 is 0 Å². The van der Waals surface area contributed by atoms with Crippen molar-refractivity contribution in [1.29, 1.82) is 0 Å². The highest BCUT2D eigenvalue weighted by molar-refractivity contribution is 5.27. The van der Waals surface area contributed by atoms with E-state index in [1.807, 2.05) is 30.3 Å². The van der Waals surface area contributed by atoms with Gasteiger partial charge >= 0.3 is 0 Å². The van der Waals surface area contributed by atoms with E-state index in [1.165, 1.54) is 31.2 Å². The normalized spacial score (nSPS) is 28.8. The van der Waals surface area contributed by atoms with E-state index in [1.54, 1.807) is 0 Å². The highest BCUT2D eigenvalue weighted by Crippen LogP contribution is 2.50. The van der Waals surface area contributed by atoms with E-state index >= 15 is 0 Å². The molecule has 28 heavy (non-hydrogen) atoms. The van der Waals surface area contributed by atoms with Crippen LogP contribution in [0.4, 0.5) is 0 Å². The minimum atomic E-state index is 0.463. The van der Waals surface area contributed by atoms with Gasteiger partial charge in [0.1, 0.15) is 5.75 Å². The quantitative estimate of drug-likeness (QED) is 0.523. The van der Waals surface area contributed by atoms with Crippen LogP contribution in [-0.4, -0.2) is 6.10 Å². The topological polar surface area (TPSA) is 9.23 Å². The minimum Gasteiger partial charge on any atom is -0.490 e. The van der Waals surface area contributed by atoms with Gasteiger partial charge in [0.15, 0.2) is 0 Å². The van der Waals surface area contributed by atoms with E-state index in [0.29, 0.717) is 11.5 Å². The maximum Gasteiger partial charge on any atom is 0.119 e. The molecule has 0 bridgehead atoms. The summed E-state index contributed by atoms with van der Waals surface area (Å²) in [6.45, 7) is 11.7. The first kappa shape index (κ1) is 21.0. The van der Waals surface area contributed by atoms with Crippen LogP contribution in [0.25, 0.3) is 0 Å². The van der Waals surface area contributed by atoms with Crippen molar-refractivity contribution in [3.05, 3.63) is 66.2 Å². The van der Waals surface area contributed by atoms with Gasteiger partial charge < -0.3 is 4.74 Å². The van der Waals surface area contributed by atoms with Crippen LogP contribution in [0.15, 0.2) is 60.7 Å². The molecule has 0 unspecified atom stereocenters. The summed E-state index contributed by atoms with van der Waals surface area (Å²) in [5, 5.41) is 0. The average molecular weight is 379 g/mol. The first-order chi connectivity index (χ1) is 13.4. The van der Waals surface area contributed by atoms with Gasteiger partial charge in [0.25, 0.3) is 0 Å². The molecule has 0 atom stereocenters. The summed E-state index contributed by atoms with van der Waals surface area (Å²) < 4.78 is 5.83. The standard InChI is InChI=1S/C14H20.C13H18O/c1-11(2)12-9-14(3,10-12)13-7-5-4-6-8-13;1-10(2)11-8-13(9-11)14-12-6-4-3-5-7-12/h4-8,11-12H,9-10H2,1-3H3;3-7,10-11,13H,8-9H2,1-2H3. The zero-order valence-electron chi connectivity index (χ0n) is 18.4. The Balaban J connectivity index is 0.000000161. The lowest BCUT2D eigenvalue weighted by atomic mass is 9.57. The number of ether oxygens (including phenoxy) is 1. The highest BCUT2D eigenvalue weighted by atomic mass is 16.5. The molecule has 0 spiro atoms. The third-order valence-corrected chi connectivity index (χ3v) is 6.96. The van der Waals surface area contributed by atoms with E-state index in [4.69, 9.17) is 4.74 Å². The Morgan fingerprint density at radius 2 is 1.25 bits per heavy atom. The Hall–Kier alpha value is -1.76. The zero-order valence-corrected chi connectivity index (χ0v) is 18.4. The Labute approximate surface area is 172 Å². The summed E-state index contributed by atoms with van der Waals surface area (Å²) in [4.78, 5) is 0. The second-order valence-corrected chi connectivity index (χ2v) is 9.87. The van der Waals surface area contributed by atoms with Crippen LogP contribution in [0.5, 0.6) is 5.75 Å². The minimum absolute atomic E-state index is 0.463. The van der Waals surface area contributed by atoms with Crippen LogP contribution in [-0.2, 0) is 5.41 Å². The highest BCUT2D eigenvalue weighted by Gasteiger charge is 2.42. The van der Waals surface area contributed by atoms with Gasteiger partial charge in [-0.1, -0.05) is 83.1 Å². The zero-order chi connectivity index (χ0) is 20.1. The van der Waals surface area contributed by atoms with Crippen LogP contribution in [0.1, 0.15) is 65.9 Å². The van der Waals surface area contributed by atoms with Crippen LogP contribution >= 0.6 is 0 Å². The second-order valence-electron chi connectivity index (χ2n) is 9.87. The predicted molar refractivity (Wildman–Crippen MR) is 120 cm³/mol. The second kappa shape index (κ2) is 9.16. The van der Waals surface area contributed by atoms with Gasteiger partial charge in [0.2, 0.25) is 0 Å². The van der Waals surface area contributed by atoms with Crippen molar-refractivity contribution in [3.8, 4) is 5.75 Å². The maximum atomic E-state index is 5.83. The van der Waals surface area contributed by atoms with Crippen molar-refractivity contribution in [2.75, 3.05) is 0 Å².